The fraction of sp³-hybridized carbons (Fsp3) is 0.154. The van der Waals surface area contributed by atoms with Gasteiger partial charge in [0.25, 0.3) is 11.5 Å². The van der Waals surface area contributed by atoms with Crippen molar-refractivity contribution in [3.8, 4) is 22.3 Å². The van der Waals surface area contributed by atoms with Gasteiger partial charge in [0.1, 0.15) is 17.3 Å². The molecule has 0 saturated carbocycles. The second-order valence-corrected chi connectivity index (χ2v) is 9.27. The molecule has 0 radical (unpaired) electrons. The first kappa shape index (κ1) is 21.3. The summed E-state index contributed by atoms with van der Waals surface area (Å²) in [7, 11) is 0. The topological polar surface area (TPSA) is 102 Å². The lowest BCUT2D eigenvalue weighted by Crippen LogP contribution is -2.24. The number of nitrogens with one attached hydrogen (secondary N) is 2. The van der Waals surface area contributed by atoms with Crippen molar-refractivity contribution < 1.29 is 9.53 Å². The Hall–Kier alpha value is -4.24. The molecule has 0 fully saturated rings. The zero-order chi connectivity index (χ0) is 23.8. The second-order valence-electron chi connectivity index (χ2n) is 8.32. The van der Waals surface area contributed by atoms with Crippen molar-refractivity contribution in [2.75, 3.05) is 11.9 Å². The summed E-state index contributed by atoms with van der Waals surface area (Å²) in [5.74, 6) is 0.947. The van der Waals surface area contributed by atoms with Crippen molar-refractivity contribution in [1.82, 2.24) is 19.7 Å². The summed E-state index contributed by atoms with van der Waals surface area (Å²) < 4.78 is 7.21. The van der Waals surface area contributed by atoms with Gasteiger partial charge in [-0.15, -0.1) is 11.3 Å². The van der Waals surface area contributed by atoms with Gasteiger partial charge in [-0.1, -0.05) is 36.4 Å². The monoisotopic (exact) mass is 483 g/mol. The van der Waals surface area contributed by atoms with Crippen LogP contribution in [0.4, 0.5) is 5.82 Å². The molecule has 9 heteroatoms. The smallest absolute Gasteiger partial charge is 0.263 e. The maximum atomic E-state index is 12.8. The van der Waals surface area contributed by atoms with E-state index >= 15 is 0 Å². The number of hydrogen-bond donors (Lipinski definition) is 2. The van der Waals surface area contributed by atoms with Crippen LogP contribution in [-0.2, 0) is 17.6 Å². The lowest BCUT2D eigenvalue weighted by molar-refractivity contribution is -0.118. The van der Waals surface area contributed by atoms with Gasteiger partial charge in [0.2, 0.25) is 5.95 Å². The number of nitrogens with zero attached hydrogens (tertiary/aromatic N) is 3. The molecule has 174 valence electrons. The molecule has 3 heterocycles. The van der Waals surface area contributed by atoms with E-state index in [4.69, 9.17) is 4.74 Å². The average molecular weight is 484 g/mol. The van der Waals surface area contributed by atoms with Crippen molar-refractivity contribution >= 4 is 33.8 Å². The summed E-state index contributed by atoms with van der Waals surface area (Å²) in [5, 5.41) is 11.6. The highest BCUT2D eigenvalue weighted by atomic mass is 32.1. The van der Waals surface area contributed by atoms with Gasteiger partial charge in [0.15, 0.2) is 6.61 Å². The first-order valence-corrected chi connectivity index (χ1v) is 12.2. The number of anilines is 1. The number of aromatic amines is 1. The van der Waals surface area contributed by atoms with Crippen LogP contribution in [0.3, 0.4) is 0 Å². The second kappa shape index (κ2) is 8.84. The van der Waals surface area contributed by atoms with Crippen LogP contribution in [-0.4, -0.2) is 32.3 Å². The molecule has 0 unspecified atom stereocenters. The average Bonchev–Trinajstić information content (AvgIpc) is 3.63. The van der Waals surface area contributed by atoms with Crippen LogP contribution in [0.2, 0.25) is 0 Å². The quantitative estimate of drug-likeness (QED) is 0.374. The Bertz CT molecular complexity index is 1600. The molecule has 1 amide bonds. The molecule has 8 nitrogen and oxygen atoms in total. The van der Waals surface area contributed by atoms with E-state index in [-0.39, 0.29) is 24.0 Å². The van der Waals surface area contributed by atoms with Gasteiger partial charge in [0.05, 0.1) is 10.6 Å². The van der Waals surface area contributed by atoms with Gasteiger partial charge in [-0.2, -0.15) is 9.78 Å². The lowest BCUT2D eigenvalue weighted by Gasteiger charge is -2.10. The van der Waals surface area contributed by atoms with E-state index in [2.05, 4.69) is 20.4 Å². The predicted octanol–water partition coefficient (Wildman–Crippen LogP) is 4.34. The van der Waals surface area contributed by atoms with Crippen LogP contribution < -0.4 is 15.6 Å². The molecule has 0 atom stereocenters. The fourth-order valence-corrected chi connectivity index (χ4v) is 4.97. The maximum absolute atomic E-state index is 12.8. The molecule has 1 aliphatic rings. The molecular formula is C26H21N5O3S. The molecular weight excluding hydrogens is 462 g/mol. The largest absolute Gasteiger partial charge is 0.484 e. The Balaban J connectivity index is 1.27. The first-order chi connectivity index (χ1) is 17.1. The summed E-state index contributed by atoms with van der Waals surface area (Å²) in [4.78, 5) is 33.8. The molecule has 35 heavy (non-hydrogen) atoms. The van der Waals surface area contributed by atoms with Gasteiger partial charge >= 0.3 is 0 Å². The van der Waals surface area contributed by atoms with Crippen LogP contribution >= 0.6 is 11.3 Å². The number of H-pyrrole nitrogens is 1. The number of amides is 1. The van der Waals surface area contributed by atoms with Crippen LogP contribution in [0.25, 0.3) is 27.3 Å². The standard InChI is InChI=1S/C26H21N5O3S/c32-24(15-34-18-11-10-16-5-1-2-6-17(16)13-18)28-23-14-21(22-9-4-12-35-22)30-31(23)26-27-20-8-3-7-19(20)25(33)29-26/h1-2,4-6,9-14H,3,7-8,15H2,(H,28,32)(H,27,29,33). The fourth-order valence-electron chi connectivity index (χ4n) is 4.29. The van der Waals surface area contributed by atoms with Crippen molar-refractivity contribution in [3.05, 3.63) is 87.7 Å². The minimum atomic E-state index is -0.347. The van der Waals surface area contributed by atoms with E-state index in [1.807, 2.05) is 60.0 Å². The van der Waals surface area contributed by atoms with Crippen molar-refractivity contribution in [1.29, 1.82) is 0 Å². The third-order valence-electron chi connectivity index (χ3n) is 5.97. The number of thiophene rings is 1. The van der Waals surface area contributed by atoms with Gasteiger partial charge in [-0.05, 0) is 53.6 Å². The van der Waals surface area contributed by atoms with Crippen LogP contribution in [0.1, 0.15) is 17.7 Å². The number of ether oxygens (including phenoxy) is 1. The van der Waals surface area contributed by atoms with Gasteiger partial charge in [-0.3, -0.25) is 14.6 Å². The Kier molecular flexibility index (Phi) is 5.38. The molecule has 5 aromatic rings. The molecule has 0 saturated heterocycles. The number of fused-ring (bicyclic) bond motifs is 2. The molecule has 2 N–H and O–H groups in total. The normalized spacial score (nSPS) is 12.6. The van der Waals surface area contributed by atoms with Crippen LogP contribution in [0.5, 0.6) is 5.75 Å². The predicted molar refractivity (Wildman–Crippen MR) is 135 cm³/mol. The number of carbonyl (C=O) groups excluding carboxylic acids is 1. The number of hydrogen-bond acceptors (Lipinski definition) is 6. The van der Waals surface area contributed by atoms with E-state index in [1.165, 1.54) is 16.0 Å². The minimum Gasteiger partial charge on any atom is -0.484 e. The van der Waals surface area contributed by atoms with Gasteiger partial charge in [-0.25, -0.2) is 4.98 Å². The van der Waals surface area contributed by atoms with E-state index in [9.17, 15) is 9.59 Å². The molecule has 0 spiro atoms. The van der Waals surface area contributed by atoms with E-state index < -0.39 is 0 Å². The van der Waals surface area contributed by atoms with Crippen LogP contribution in [0.15, 0.2) is 70.8 Å². The van der Waals surface area contributed by atoms with Crippen LogP contribution in [0, 0.1) is 0 Å². The van der Waals surface area contributed by atoms with Crippen molar-refractivity contribution in [3.63, 3.8) is 0 Å². The Labute approximate surface area is 204 Å². The molecule has 1 aliphatic carbocycles. The number of benzene rings is 2. The van der Waals surface area contributed by atoms with E-state index in [0.29, 0.717) is 17.3 Å². The third-order valence-corrected chi connectivity index (χ3v) is 6.86. The zero-order valence-electron chi connectivity index (χ0n) is 18.7. The summed E-state index contributed by atoms with van der Waals surface area (Å²) in [6.07, 6.45) is 2.39. The highest BCUT2D eigenvalue weighted by Gasteiger charge is 2.21. The molecule has 0 aliphatic heterocycles. The molecule has 6 rings (SSSR count). The molecule has 3 aromatic heterocycles. The Morgan fingerprint density at radius 1 is 1.09 bits per heavy atom. The highest BCUT2D eigenvalue weighted by molar-refractivity contribution is 7.13. The lowest BCUT2D eigenvalue weighted by atomic mass is 10.1. The minimum absolute atomic E-state index is 0.160. The third kappa shape index (κ3) is 4.22. The zero-order valence-corrected chi connectivity index (χ0v) is 19.5. The Morgan fingerprint density at radius 3 is 2.83 bits per heavy atom. The maximum Gasteiger partial charge on any atom is 0.263 e. The summed E-state index contributed by atoms with van der Waals surface area (Å²) in [6, 6.07) is 19.3. The van der Waals surface area contributed by atoms with Gasteiger partial charge in [0, 0.05) is 11.6 Å². The first-order valence-electron chi connectivity index (χ1n) is 11.3. The highest BCUT2D eigenvalue weighted by Crippen LogP contribution is 2.28. The summed E-state index contributed by atoms with van der Waals surface area (Å²) in [5.41, 5.74) is 2.03. The number of aromatic nitrogens is 4. The number of rotatable bonds is 6. The van der Waals surface area contributed by atoms with E-state index in [0.717, 1.165) is 46.2 Å². The number of carbonyl (C=O) groups is 1. The summed E-state index contributed by atoms with van der Waals surface area (Å²) in [6.45, 7) is -0.175. The van der Waals surface area contributed by atoms with Gasteiger partial charge < -0.3 is 10.1 Å². The van der Waals surface area contributed by atoms with Crippen molar-refractivity contribution in [2.45, 2.75) is 19.3 Å². The summed E-state index contributed by atoms with van der Waals surface area (Å²) >= 11 is 1.54. The Morgan fingerprint density at radius 2 is 1.97 bits per heavy atom. The molecule has 0 bridgehead atoms. The van der Waals surface area contributed by atoms with Crippen molar-refractivity contribution in [2.24, 2.45) is 0 Å². The van der Waals surface area contributed by atoms with E-state index in [1.54, 1.807) is 6.07 Å². The SMILES string of the molecule is O=C(COc1ccc2ccccc2c1)Nc1cc(-c2cccs2)nn1-c1nc2c(c(=O)[nH]1)CCC2. The molecule has 2 aromatic carbocycles. The number of aryl methyl sites for hydroxylation is 1.